The molecule has 25 heavy (non-hydrogen) atoms. The van der Waals surface area contributed by atoms with Gasteiger partial charge in [0.25, 0.3) is 0 Å². The quantitative estimate of drug-likeness (QED) is 0.828. The Balaban J connectivity index is 1.55. The number of carbonyl (C=O) groups is 1. The van der Waals surface area contributed by atoms with Gasteiger partial charge in [0.2, 0.25) is 0 Å². The normalized spacial score (nSPS) is 26.8. The van der Waals surface area contributed by atoms with Crippen LogP contribution in [-0.2, 0) is 13.6 Å². The summed E-state index contributed by atoms with van der Waals surface area (Å²) in [6.45, 7) is 1.60. The van der Waals surface area contributed by atoms with Crippen LogP contribution in [0.25, 0.3) is 0 Å². The number of nitrogens with zero attached hydrogens (tertiary/aromatic N) is 4. The van der Waals surface area contributed by atoms with E-state index in [4.69, 9.17) is 0 Å². The molecule has 2 amide bonds. The molecule has 0 saturated carbocycles. The van der Waals surface area contributed by atoms with E-state index in [-0.39, 0.29) is 18.1 Å². The number of nitrogens with one attached hydrogen (secondary N) is 1. The van der Waals surface area contributed by atoms with Gasteiger partial charge in [-0.2, -0.15) is 5.10 Å². The van der Waals surface area contributed by atoms with Crippen molar-refractivity contribution in [1.82, 2.24) is 24.9 Å². The first-order valence-electron chi connectivity index (χ1n) is 9.06. The predicted octanol–water partition coefficient (Wildman–Crippen LogP) is 2.08. The van der Waals surface area contributed by atoms with E-state index in [1.54, 1.807) is 18.1 Å². The maximum Gasteiger partial charge on any atom is 0.317 e. The number of amides is 2. The summed E-state index contributed by atoms with van der Waals surface area (Å²) in [6.07, 6.45) is 8.76. The lowest BCUT2D eigenvalue weighted by molar-refractivity contribution is 0.171. The third-order valence-electron chi connectivity index (χ3n) is 5.16. The van der Waals surface area contributed by atoms with Crippen molar-refractivity contribution in [3.8, 4) is 0 Å². The van der Waals surface area contributed by atoms with Crippen molar-refractivity contribution in [2.45, 2.75) is 50.5 Å². The number of hydrogen-bond donors (Lipinski definition) is 1. The zero-order chi connectivity index (χ0) is 17.8. The van der Waals surface area contributed by atoms with Crippen LogP contribution in [0.3, 0.4) is 0 Å². The van der Waals surface area contributed by atoms with Crippen LogP contribution in [0.15, 0.2) is 24.4 Å². The lowest BCUT2D eigenvalue weighted by Crippen LogP contribution is -2.47. The summed E-state index contributed by atoms with van der Waals surface area (Å²) >= 11 is 0. The Morgan fingerprint density at radius 2 is 2.36 bits per heavy atom. The molecule has 1 aliphatic carbocycles. The van der Waals surface area contributed by atoms with Crippen molar-refractivity contribution < 1.29 is 9.18 Å². The van der Waals surface area contributed by atoms with Crippen LogP contribution in [0, 0.1) is 0 Å². The van der Waals surface area contributed by atoms with E-state index in [2.05, 4.69) is 27.5 Å². The highest BCUT2D eigenvalue weighted by Gasteiger charge is 2.34. The van der Waals surface area contributed by atoms with Crippen molar-refractivity contribution in [3.05, 3.63) is 30.1 Å². The summed E-state index contributed by atoms with van der Waals surface area (Å²) in [5, 5.41) is 7.22. The van der Waals surface area contributed by atoms with Gasteiger partial charge in [-0.15, -0.1) is 0 Å². The van der Waals surface area contributed by atoms with Gasteiger partial charge in [-0.05, 0) is 31.7 Å². The zero-order valence-electron chi connectivity index (χ0n) is 15.1. The Morgan fingerprint density at radius 3 is 3.04 bits per heavy atom. The van der Waals surface area contributed by atoms with E-state index >= 15 is 0 Å². The number of aromatic nitrogens is 2. The number of aryl methyl sites for hydroxylation is 1. The summed E-state index contributed by atoms with van der Waals surface area (Å²) in [5.74, 6) is 0. The molecule has 1 saturated heterocycles. The first-order valence-corrected chi connectivity index (χ1v) is 9.06. The van der Waals surface area contributed by atoms with Crippen molar-refractivity contribution in [3.63, 3.8) is 0 Å². The third kappa shape index (κ3) is 4.60. The molecule has 1 aromatic rings. The fourth-order valence-corrected chi connectivity index (χ4v) is 3.67. The minimum absolute atomic E-state index is 0.0301. The van der Waals surface area contributed by atoms with Gasteiger partial charge < -0.3 is 10.2 Å². The molecular formula is C18H28FN5O. The summed E-state index contributed by atoms with van der Waals surface area (Å²) in [4.78, 5) is 16.2. The second-order valence-corrected chi connectivity index (χ2v) is 7.16. The number of carbonyl (C=O) groups excluding carboxylic acids is 1. The average Bonchev–Trinajstić information content (AvgIpc) is 3.14. The minimum atomic E-state index is -0.837. The summed E-state index contributed by atoms with van der Waals surface area (Å²) in [6, 6.07) is 2.02. The molecule has 138 valence electrons. The number of likely N-dealkylation sites (tertiary alicyclic amines) is 1. The van der Waals surface area contributed by atoms with Gasteiger partial charge in [-0.3, -0.25) is 9.58 Å². The Kier molecular flexibility index (Phi) is 5.73. The molecule has 1 fully saturated rings. The maximum atomic E-state index is 14.0. The number of rotatable bonds is 5. The summed E-state index contributed by atoms with van der Waals surface area (Å²) < 4.78 is 15.8. The number of allylic oxidation sites excluding steroid dienone is 1. The average molecular weight is 349 g/mol. The van der Waals surface area contributed by atoms with Crippen LogP contribution in [0.1, 0.15) is 31.4 Å². The number of hydrogen-bond acceptors (Lipinski definition) is 3. The fraction of sp³-hybridized carbons (Fsp3) is 0.667. The molecule has 2 heterocycles. The Labute approximate surface area is 148 Å². The molecule has 1 N–H and O–H groups in total. The molecule has 1 unspecified atom stereocenters. The lowest BCUT2D eigenvalue weighted by Gasteiger charge is -2.29. The fourth-order valence-electron chi connectivity index (χ4n) is 3.67. The van der Waals surface area contributed by atoms with Gasteiger partial charge in [0.15, 0.2) is 0 Å². The molecule has 0 bridgehead atoms. The predicted molar refractivity (Wildman–Crippen MR) is 94.9 cm³/mol. The van der Waals surface area contributed by atoms with E-state index < -0.39 is 6.17 Å². The highest BCUT2D eigenvalue weighted by atomic mass is 19.1. The second kappa shape index (κ2) is 7.99. The first kappa shape index (κ1) is 17.9. The molecule has 0 radical (unpaired) electrons. The highest BCUT2D eigenvalue weighted by Crippen LogP contribution is 2.23. The molecule has 1 aromatic heterocycles. The largest absolute Gasteiger partial charge is 0.332 e. The Bertz CT molecular complexity index is 616. The van der Waals surface area contributed by atoms with Crippen molar-refractivity contribution >= 4 is 6.03 Å². The third-order valence-corrected chi connectivity index (χ3v) is 5.16. The van der Waals surface area contributed by atoms with E-state index in [0.717, 1.165) is 25.0 Å². The van der Waals surface area contributed by atoms with Crippen LogP contribution in [-0.4, -0.2) is 64.0 Å². The van der Waals surface area contributed by atoms with Gasteiger partial charge >= 0.3 is 6.03 Å². The SMILES string of the molecule is CN(C[C@@H]1C[C@H](F)CN1Cc1ccnn1C)C(=O)NC1C=CCCC1. The second-order valence-electron chi connectivity index (χ2n) is 7.16. The van der Waals surface area contributed by atoms with Crippen LogP contribution in [0.5, 0.6) is 0 Å². The molecule has 3 rings (SSSR count). The van der Waals surface area contributed by atoms with Gasteiger partial charge in [0.05, 0.1) is 5.69 Å². The molecule has 0 aromatic carbocycles. The van der Waals surface area contributed by atoms with Crippen molar-refractivity contribution in [2.24, 2.45) is 7.05 Å². The monoisotopic (exact) mass is 349 g/mol. The molecule has 2 aliphatic rings. The molecule has 0 spiro atoms. The van der Waals surface area contributed by atoms with Crippen LogP contribution < -0.4 is 5.32 Å². The number of urea groups is 1. The maximum absolute atomic E-state index is 14.0. The first-order chi connectivity index (χ1) is 12.0. The number of halogens is 1. The molecule has 3 atom stereocenters. The van der Waals surface area contributed by atoms with E-state index in [1.807, 2.05) is 17.8 Å². The summed E-state index contributed by atoms with van der Waals surface area (Å²) in [7, 11) is 3.68. The van der Waals surface area contributed by atoms with Crippen LogP contribution >= 0.6 is 0 Å². The van der Waals surface area contributed by atoms with Gasteiger partial charge in [-0.1, -0.05) is 12.2 Å². The Morgan fingerprint density at radius 1 is 1.52 bits per heavy atom. The van der Waals surface area contributed by atoms with Crippen molar-refractivity contribution in [2.75, 3.05) is 20.1 Å². The van der Waals surface area contributed by atoms with Gasteiger partial charge in [-0.25, -0.2) is 9.18 Å². The number of alkyl halides is 1. The molecule has 7 heteroatoms. The smallest absolute Gasteiger partial charge is 0.317 e. The lowest BCUT2D eigenvalue weighted by atomic mass is 10.0. The molecule has 6 nitrogen and oxygen atoms in total. The van der Waals surface area contributed by atoms with Crippen LogP contribution in [0.4, 0.5) is 9.18 Å². The highest BCUT2D eigenvalue weighted by molar-refractivity contribution is 5.74. The number of likely N-dealkylation sites (N-methyl/N-ethyl adjacent to an activating group) is 1. The van der Waals surface area contributed by atoms with Crippen molar-refractivity contribution in [1.29, 1.82) is 0 Å². The van der Waals surface area contributed by atoms with E-state index in [0.29, 0.717) is 26.1 Å². The zero-order valence-corrected chi connectivity index (χ0v) is 15.1. The molecular weight excluding hydrogens is 321 g/mol. The topological polar surface area (TPSA) is 53.4 Å². The van der Waals surface area contributed by atoms with E-state index in [1.165, 1.54) is 0 Å². The van der Waals surface area contributed by atoms with Gasteiger partial charge in [0.1, 0.15) is 6.17 Å². The van der Waals surface area contributed by atoms with E-state index in [9.17, 15) is 9.18 Å². The Hall–Kier alpha value is -1.89. The van der Waals surface area contributed by atoms with Gasteiger partial charge in [0, 0.05) is 52.0 Å². The minimum Gasteiger partial charge on any atom is -0.332 e. The standard InChI is InChI=1S/C18H28FN5O/c1-22(18(25)21-15-6-4-3-5-7-15)12-17-10-14(19)11-24(17)13-16-8-9-20-23(16)2/h4,6,8-9,14-15,17H,3,5,7,10-13H2,1-2H3,(H,21,25)/t14-,15?,17-/m0/s1. The van der Waals surface area contributed by atoms with Crippen LogP contribution in [0.2, 0.25) is 0 Å². The summed E-state index contributed by atoms with van der Waals surface area (Å²) in [5.41, 5.74) is 1.05. The molecule has 1 aliphatic heterocycles.